The Kier molecular flexibility index (Phi) is 14.0. The van der Waals surface area contributed by atoms with E-state index in [-0.39, 0.29) is 36.9 Å². The molecular formula is C27H42O12. The third-order valence-corrected chi connectivity index (χ3v) is 7.09. The van der Waals surface area contributed by atoms with E-state index in [0.29, 0.717) is 12.8 Å². The molecule has 12 nitrogen and oxygen atoms in total. The SMILES string of the molecule is CCCC=CC1C(OC(=O)CCC(=O)OC2O[C@H](CO)[C@@H](O)[C@H](O)[C@H]2O)CC(=O)C1CCCCCCC(=O)O. The minimum absolute atomic E-state index is 0.00603. The van der Waals surface area contributed by atoms with Crippen molar-refractivity contribution in [3.63, 3.8) is 0 Å². The summed E-state index contributed by atoms with van der Waals surface area (Å²) < 4.78 is 15.7. The zero-order chi connectivity index (χ0) is 28.9. The predicted octanol–water partition coefficient (Wildman–Crippen LogP) is 1.01. The molecule has 1 saturated heterocycles. The second kappa shape index (κ2) is 16.7. The second-order valence-electron chi connectivity index (χ2n) is 10.1. The number of unbranched alkanes of at least 4 members (excludes halogenated alkanes) is 4. The highest BCUT2D eigenvalue weighted by Gasteiger charge is 2.45. The maximum absolute atomic E-state index is 12.8. The Labute approximate surface area is 227 Å². The lowest BCUT2D eigenvalue weighted by Gasteiger charge is -2.39. The van der Waals surface area contributed by atoms with E-state index in [2.05, 4.69) is 0 Å². The summed E-state index contributed by atoms with van der Waals surface area (Å²) in [5.74, 6) is -3.01. The number of esters is 2. The zero-order valence-electron chi connectivity index (χ0n) is 22.4. The Hall–Kier alpha value is -2.38. The molecule has 2 fully saturated rings. The molecule has 5 N–H and O–H groups in total. The van der Waals surface area contributed by atoms with Gasteiger partial charge in [0.05, 0.1) is 19.4 Å². The van der Waals surface area contributed by atoms with Crippen molar-refractivity contribution in [1.29, 1.82) is 0 Å². The molecule has 1 aliphatic heterocycles. The molecule has 1 heterocycles. The summed E-state index contributed by atoms with van der Waals surface area (Å²) in [7, 11) is 0. The summed E-state index contributed by atoms with van der Waals surface area (Å²) in [4.78, 5) is 48.2. The highest BCUT2D eigenvalue weighted by atomic mass is 16.7. The normalized spacial score (nSPS) is 30.9. The molecule has 0 bridgehead atoms. The quantitative estimate of drug-likeness (QED) is 0.103. The molecule has 1 saturated carbocycles. The van der Waals surface area contributed by atoms with Crippen molar-refractivity contribution in [1.82, 2.24) is 0 Å². The number of carboxylic acid groups (broad SMARTS) is 1. The summed E-state index contributed by atoms with van der Waals surface area (Å²) in [6, 6.07) is 0. The van der Waals surface area contributed by atoms with Gasteiger partial charge in [0.15, 0.2) is 0 Å². The number of carbonyl (C=O) groups is 4. The number of Topliss-reactive ketones (excluding diaryl/α,β-unsaturated/α-hetero) is 1. The van der Waals surface area contributed by atoms with Gasteiger partial charge in [0.2, 0.25) is 6.29 Å². The van der Waals surface area contributed by atoms with Gasteiger partial charge in [-0.25, -0.2) is 0 Å². The molecule has 222 valence electrons. The largest absolute Gasteiger partial charge is 0.481 e. The van der Waals surface area contributed by atoms with Crippen LogP contribution in [0.4, 0.5) is 0 Å². The summed E-state index contributed by atoms with van der Waals surface area (Å²) in [5.41, 5.74) is 0. The Bertz CT molecular complexity index is 841. The van der Waals surface area contributed by atoms with E-state index >= 15 is 0 Å². The topological polar surface area (TPSA) is 197 Å². The van der Waals surface area contributed by atoms with Crippen LogP contribution in [0, 0.1) is 11.8 Å². The fraction of sp³-hybridized carbons (Fsp3) is 0.778. The number of aliphatic hydroxyl groups excluding tert-OH is 4. The summed E-state index contributed by atoms with van der Waals surface area (Å²) in [5, 5.41) is 47.6. The second-order valence-corrected chi connectivity index (χ2v) is 10.1. The maximum atomic E-state index is 12.8. The van der Waals surface area contributed by atoms with Crippen LogP contribution >= 0.6 is 0 Å². The Balaban J connectivity index is 1.86. The van der Waals surface area contributed by atoms with Crippen molar-refractivity contribution in [2.75, 3.05) is 6.61 Å². The number of aliphatic hydroxyl groups is 4. The third-order valence-electron chi connectivity index (χ3n) is 7.09. The molecule has 12 heteroatoms. The molecule has 39 heavy (non-hydrogen) atoms. The Morgan fingerprint density at radius 3 is 2.26 bits per heavy atom. The van der Waals surface area contributed by atoms with Crippen molar-refractivity contribution in [3.8, 4) is 0 Å². The van der Waals surface area contributed by atoms with Crippen LogP contribution in [0.25, 0.3) is 0 Å². The smallest absolute Gasteiger partial charge is 0.308 e. The van der Waals surface area contributed by atoms with Crippen molar-refractivity contribution in [2.24, 2.45) is 11.8 Å². The number of ether oxygens (including phenoxy) is 3. The first kappa shape index (κ1) is 32.8. The lowest BCUT2D eigenvalue weighted by Crippen LogP contribution is -2.59. The number of rotatable bonds is 16. The molecule has 2 rings (SSSR count). The molecule has 1 aliphatic carbocycles. The van der Waals surface area contributed by atoms with Gasteiger partial charge in [-0.1, -0.05) is 44.8 Å². The first-order chi connectivity index (χ1) is 18.6. The molecule has 0 aromatic heterocycles. The van der Waals surface area contributed by atoms with Gasteiger partial charge in [0, 0.05) is 24.7 Å². The number of hydrogen-bond donors (Lipinski definition) is 5. The van der Waals surface area contributed by atoms with Crippen LogP contribution in [0.1, 0.15) is 77.6 Å². The molecule has 2 aliphatic rings. The van der Waals surface area contributed by atoms with Crippen LogP contribution in [0.3, 0.4) is 0 Å². The average molecular weight is 559 g/mol. The van der Waals surface area contributed by atoms with E-state index in [1.807, 2.05) is 19.1 Å². The lowest BCUT2D eigenvalue weighted by atomic mass is 9.88. The molecule has 0 amide bonds. The standard InChI is InChI=1S/C27H42O12/c1-2-3-6-10-17-16(9-7-4-5-8-11-21(30)31)18(29)14-19(17)37-22(32)12-13-23(33)39-27-26(36)25(35)24(34)20(15-28)38-27/h6,10,16-17,19-20,24-28,34-36H,2-5,7-9,11-15H2,1H3,(H,30,31)/t16?,17?,19?,20-,24-,25+,26-,27?/m1/s1. The van der Waals surface area contributed by atoms with E-state index < -0.39 is 67.7 Å². The minimum Gasteiger partial charge on any atom is -0.481 e. The first-order valence-electron chi connectivity index (χ1n) is 13.7. The van der Waals surface area contributed by atoms with E-state index in [4.69, 9.17) is 19.3 Å². The van der Waals surface area contributed by atoms with Crippen molar-refractivity contribution in [3.05, 3.63) is 12.2 Å². The van der Waals surface area contributed by atoms with Gasteiger partial charge in [-0.2, -0.15) is 0 Å². The molecule has 0 aromatic rings. The summed E-state index contributed by atoms with van der Waals surface area (Å²) in [6.45, 7) is 1.35. The number of allylic oxidation sites excluding steroid dienone is 1. The molecule has 0 spiro atoms. The van der Waals surface area contributed by atoms with Gasteiger partial charge >= 0.3 is 17.9 Å². The first-order valence-corrected chi connectivity index (χ1v) is 13.7. The van der Waals surface area contributed by atoms with Crippen LogP contribution in [0.5, 0.6) is 0 Å². The average Bonchev–Trinajstić information content (AvgIpc) is 3.18. The van der Waals surface area contributed by atoms with Crippen LogP contribution in [-0.4, -0.2) is 92.6 Å². The molecule has 0 radical (unpaired) electrons. The third kappa shape index (κ3) is 10.3. The van der Waals surface area contributed by atoms with E-state index in [1.165, 1.54) is 0 Å². The molecule has 0 aromatic carbocycles. The predicted molar refractivity (Wildman–Crippen MR) is 135 cm³/mol. The Morgan fingerprint density at radius 2 is 1.62 bits per heavy atom. The fourth-order valence-corrected chi connectivity index (χ4v) is 4.89. The van der Waals surface area contributed by atoms with Gasteiger partial charge in [-0.05, 0) is 19.3 Å². The highest BCUT2D eigenvalue weighted by molar-refractivity contribution is 5.85. The molecule has 4 unspecified atom stereocenters. The van der Waals surface area contributed by atoms with Crippen LogP contribution in [0.15, 0.2) is 12.2 Å². The monoisotopic (exact) mass is 558 g/mol. The van der Waals surface area contributed by atoms with Crippen LogP contribution < -0.4 is 0 Å². The van der Waals surface area contributed by atoms with Gasteiger partial charge in [0.25, 0.3) is 0 Å². The van der Waals surface area contributed by atoms with E-state index in [0.717, 1.165) is 32.1 Å². The van der Waals surface area contributed by atoms with Crippen molar-refractivity contribution < 1.29 is 58.9 Å². The van der Waals surface area contributed by atoms with Crippen LogP contribution in [0.2, 0.25) is 0 Å². The number of carboxylic acids is 1. The van der Waals surface area contributed by atoms with Gasteiger partial charge in [-0.3, -0.25) is 19.2 Å². The number of hydrogen-bond acceptors (Lipinski definition) is 11. The van der Waals surface area contributed by atoms with Crippen molar-refractivity contribution in [2.45, 2.75) is 114 Å². The lowest BCUT2D eigenvalue weighted by molar-refractivity contribution is -0.292. The van der Waals surface area contributed by atoms with Gasteiger partial charge in [-0.15, -0.1) is 0 Å². The van der Waals surface area contributed by atoms with Crippen LogP contribution in [-0.2, 0) is 33.4 Å². The molecule has 8 atom stereocenters. The van der Waals surface area contributed by atoms with E-state index in [9.17, 15) is 39.6 Å². The Morgan fingerprint density at radius 1 is 0.949 bits per heavy atom. The number of carbonyl (C=O) groups excluding carboxylic acids is 3. The highest BCUT2D eigenvalue weighted by Crippen LogP contribution is 2.36. The molecular weight excluding hydrogens is 516 g/mol. The summed E-state index contributed by atoms with van der Waals surface area (Å²) in [6.07, 6.45) is 0.0668. The van der Waals surface area contributed by atoms with Gasteiger partial charge in [0.1, 0.15) is 36.3 Å². The zero-order valence-corrected chi connectivity index (χ0v) is 22.4. The van der Waals surface area contributed by atoms with E-state index in [1.54, 1.807) is 0 Å². The fourth-order valence-electron chi connectivity index (χ4n) is 4.89. The minimum atomic E-state index is -1.74. The summed E-state index contributed by atoms with van der Waals surface area (Å²) >= 11 is 0. The number of aliphatic carboxylic acids is 1. The number of ketones is 1. The maximum Gasteiger partial charge on any atom is 0.308 e. The van der Waals surface area contributed by atoms with Gasteiger partial charge < -0.3 is 39.7 Å². The van der Waals surface area contributed by atoms with Crippen molar-refractivity contribution >= 4 is 23.7 Å².